The maximum Gasteiger partial charge on any atom is 0.258 e. The third-order valence-corrected chi connectivity index (χ3v) is 2.92. The van der Waals surface area contributed by atoms with Gasteiger partial charge in [0.05, 0.1) is 18.4 Å². The molecule has 1 aromatic heterocycles. The van der Waals surface area contributed by atoms with Crippen LogP contribution >= 0.6 is 0 Å². The van der Waals surface area contributed by atoms with Crippen LogP contribution in [-0.4, -0.2) is 18.3 Å². The van der Waals surface area contributed by atoms with Gasteiger partial charge in [-0.05, 0) is 43.7 Å². The highest BCUT2D eigenvalue weighted by atomic mass is 16.5. The van der Waals surface area contributed by atoms with E-state index in [1.807, 2.05) is 13.0 Å². The summed E-state index contributed by atoms with van der Waals surface area (Å²) in [6.07, 6.45) is 1.55. The van der Waals surface area contributed by atoms with Gasteiger partial charge in [0, 0.05) is 0 Å². The molecule has 1 N–H and O–H groups in total. The number of carbonyl (C=O) groups is 2. The summed E-state index contributed by atoms with van der Waals surface area (Å²) >= 11 is 0. The number of ketones is 1. The molecule has 0 fully saturated rings. The molecule has 110 valence electrons. The van der Waals surface area contributed by atoms with E-state index in [4.69, 9.17) is 9.15 Å². The smallest absolute Gasteiger partial charge is 0.258 e. The number of ether oxygens (including phenoxy) is 1. The Morgan fingerprint density at radius 3 is 2.76 bits per heavy atom. The number of hydrogen-bond acceptors (Lipinski definition) is 4. The normalized spacial score (nSPS) is 10.2. The SMILES string of the molecule is CC(=O)c1ccc(C)cc1OCC(=O)NCc1ccco1. The topological polar surface area (TPSA) is 68.5 Å². The van der Waals surface area contributed by atoms with E-state index in [1.54, 1.807) is 30.5 Å². The fourth-order valence-electron chi connectivity index (χ4n) is 1.83. The van der Waals surface area contributed by atoms with Gasteiger partial charge in [-0.1, -0.05) is 6.07 Å². The van der Waals surface area contributed by atoms with Crippen LogP contribution in [-0.2, 0) is 11.3 Å². The fourth-order valence-corrected chi connectivity index (χ4v) is 1.83. The van der Waals surface area contributed by atoms with Gasteiger partial charge in [0.15, 0.2) is 12.4 Å². The van der Waals surface area contributed by atoms with E-state index in [2.05, 4.69) is 5.32 Å². The summed E-state index contributed by atoms with van der Waals surface area (Å²) in [5.41, 5.74) is 1.44. The van der Waals surface area contributed by atoms with E-state index < -0.39 is 0 Å². The highest BCUT2D eigenvalue weighted by molar-refractivity contribution is 5.97. The first-order valence-corrected chi connectivity index (χ1v) is 6.59. The van der Waals surface area contributed by atoms with Gasteiger partial charge >= 0.3 is 0 Å². The van der Waals surface area contributed by atoms with Crippen molar-refractivity contribution < 1.29 is 18.7 Å². The minimum atomic E-state index is -0.276. The van der Waals surface area contributed by atoms with Gasteiger partial charge in [0.1, 0.15) is 11.5 Å². The van der Waals surface area contributed by atoms with Crippen molar-refractivity contribution in [3.63, 3.8) is 0 Å². The second-order valence-corrected chi connectivity index (χ2v) is 4.70. The van der Waals surface area contributed by atoms with E-state index in [9.17, 15) is 9.59 Å². The number of carbonyl (C=O) groups excluding carboxylic acids is 2. The molecule has 0 saturated heterocycles. The monoisotopic (exact) mass is 287 g/mol. The summed E-state index contributed by atoms with van der Waals surface area (Å²) < 4.78 is 10.6. The van der Waals surface area contributed by atoms with Crippen LogP contribution in [0, 0.1) is 6.92 Å². The largest absolute Gasteiger partial charge is 0.483 e. The molecule has 0 unspecified atom stereocenters. The number of Topliss-reactive ketones (excluding diaryl/α,β-unsaturated/α-hetero) is 1. The van der Waals surface area contributed by atoms with E-state index in [0.29, 0.717) is 23.6 Å². The first kappa shape index (κ1) is 14.8. The maximum absolute atomic E-state index is 11.7. The van der Waals surface area contributed by atoms with Gasteiger partial charge in [-0.15, -0.1) is 0 Å². The van der Waals surface area contributed by atoms with Gasteiger partial charge in [0.25, 0.3) is 5.91 Å². The molecule has 1 heterocycles. The number of rotatable bonds is 6. The summed E-state index contributed by atoms with van der Waals surface area (Å²) in [4.78, 5) is 23.2. The number of aryl methyl sites for hydroxylation is 1. The average Bonchev–Trinajstić information content (AvgIpc) is 2.96. The van der Waals surface area contributed by atoms with Crippen LogP contribution in [0.4, 0.5) is 0 Å². The van der Waals surface area contributed by atoms with Gasteiger partial charge in [-0.3, -0.25) is 9.59 Å². The van der Waals surface area contributed by atoms with Crippen LogP contribution in [0.5, 0.6) is 5.75 Å². The zero-order valence-electron chi connectivity index (χ0n) is 12.0. The van der Waals surface area contributed by atoms with Crippen LogP contribution in [0.1, 0.15) is 28.6 Å². The van der Waals surface area contributed by atoms with Gasteiger partial charge < -0.3 is 14.5 Å². The van der Waals surface area contributed by atoms with Crippen molar-refractivity contribution in [2.24, 2.45) is 0 Å². The molecule has 0 saturated carbocycles. The standard InChI is InChI=1S/C16H17NO4/c1-11-5-6-14(12(2)18)15(8-11)21-10-16(19)17-9-13-4-3-7-20-13/h3-8H,9-10H2,1-2H3,(H,17,19). The third kappa shape index (κ3) is 4.21. The van der Waals surface area contributed by atoms with Crippen molar-refractivity contribution in [2.45, 2.75) is 20.4 Å². The molecule has 21 heavy (non-hydrogen) atoms. The molecule has 5 nitrogen and oxygen atoms in total. The van der Waals surface area contributed by atoms with E-state index >= 15 is 0 Å². The van der Waals surface area contributed by atoms with Gasteiger partial charge in [-0.25, -0.2) is 0 Å². The molecular weight excluding hydrogens is 270 g/mol. The molecule has 1 amide bonds. The summed E-state index contributed by atoms with van der Waals surface area (Å²) in [6.45, 7) is 3.52. The summed E-state index contributed by atoms with van der Waals surface area (Å²) in [5.74, 6) is 0.724. The molecule has 1 aromatic carbocycles. The Bertz CT molecular complexity index is 632. The Hall–Kier alpha value is -2.56. The lowest BCUT2D eigenvalue weighted by molar-refractivity contribution is -0.123. The van der Waals surface area contributed by atoms with Crippen LogP contribution < -0.4 is 10.1 Å². The average molecular weight is 287 g/mol. The van der Waals surface area contributed by atoms with Crippen LogP contribution in [0.2, 0.25) is 0 Å². The van der Waals surface area contributed by atoms with Crippen LogP contribution in [0.25, 0.3) is 0 Å². The Morgan fingerprint density at radius 1 is 1.29 bits per heavy atom. The summed E-state index contributed by atoms with van der Waals surface area (Å²) in [7, 11) is 0. The molecule has 2 rings (SSSR count). The first-order chi connectivity index (χ1) is 10.1. The van der Waals surface area contributed by atoms with E-state index in [-0.39, 0.29) is 18.3 Å². The molecule has 0 bridgehead atoms. The van der Waals surface area contributed by atoms with Crippen LogP contribution in [0.15, 0.2) is 41.0 Å². The van der Waals surface area contributed by atoms with Crippen molar-refractivity contribution in [3.05, 3.63) is 53.5 Å². The fraction of sp³-hybridized carbons (Fsp3) is 0.250. The highest BCUT2D eigenvalue weighted by Gasteiger charge is 2.10. The molecule has 0 aliphatic carbocycles. The van der Waals surface area contributed by atoms with E-state index in [1.165, 1.54) is 6.92 Å². The lowest BCUT2D eigenvalue weighted by Gasteiger charge is -2.10. The highest BCUT2D eigenvalue weighted by Crippen LogP contribution is 2.20. The minimum Gasteiger partial charge on any atom is -0.483 e. The van der Waals surface area contributed by atoms with Crippen molar-refractivity contribution in [1.82, 2.24) is 5.32 Å². The zero-order valence-corrected chi connectivity index (χ0v) is 12.0. The summed E-state index contributed by atoms with van der Waals surface area (Å²) in [5, 5.41) is 2.68. The van der Waals surface area contributed by atoms with Crippen LogP contribution in [0.3, 0.4) is 0 Å². The number of amides is 1. The second kappa shape index (κ2) is 6.74. The lowest BCUT2D eigenvalue weighted by Crippen LogP contribution is -2.28. The minimum absolute atomic E-state index is 0.0963. The maximum atomic E-state index is 11.7. The zero-order chi connectivity index (χ0) is 15.2. The lowest BCUT2D eigenvalue weighted by atomic mass is 10.1. The third-order valence-electron chi connectivity index (χ3n) is 2.92. The number of hydrogen-bond donors (Lipinski definition) is 1. The van der Waals surface area contributed by atoms with Crippen molar-refractivity contribution in [2.75, 3.05) is 6.61 Å². The molecule has 0 spiro atoms. The quantitative estimate of drug-likeness (QED) is 0.829. The van der Waals surface area contributed by atoms with Crippen molar-refractivity contribution >= 4 is 11.7 Å². The summed E-state index contributed by atoms with van der Waals surface area (Å²) in [6, 6.07) is 8.81. The molecule has 2 aromatic rings. The molecule has 0 atom stereocenters. The first-order valence-electron chi connectivity index (χ1n) is 6.59. The molecule has 5 heteroatoms. The molecular formula is C16H17NO4. The number of furan rings is 1. The number of nitrogens with one attached hydrogen (secondary N) is 1. The number of benzene rings is 1. The predicted molar refractivity (Wildman–Crippen MR) is 77.2 cm³/mol. The molecule has 0 aliphatic heterocycles. The second-order valence-electron chi connectivity index (χ2n) is 4.70. The Kier molecular flexibility index (Phi) is 4.77. The Labute approximate surface area is 122 Å². The van der Waals surface area contributed by atoms with Gasteiger partial charge in [0.2, 0.25) is 0 Å². The predicted octanol–water partition coefficient (Wildman–Crippen LogP) is 2.49. The molecule has 0 radical (unpaired) electrons. The van der Waals surface area contributed by atoms with Gasteiger partial charge in [-0.2, -0.15) is 0 Å². The van der Waals surface area contributed by atoms with E-state index in [0.717, 1.165) is 5.56 Å². The van der Waals surface area contributed by atoms with Crippen molar-refractivity contribution in [1.29, 1.82) is 0 Å². The Balaban J connectivity index is 1.91. The Morgan fingerprint density at radius 2 is 2.10 bits per heavy atom. The molecule has 0 aliphatic rings. The van der Waals surface area contributed by atoms with Crippen molar-refractivity contribution in [3.8, 4) is 5.75 Å².